The third-order valence-corrected chi connectivity index (χ3v) is 6.10. The summed E-state index contributed by atoms with van der Waals surface area (Å²) in [6.07, 6.45) is 7.44. The molecule has 0 N–H and O–H groups in total. The van der Waals surface area contributed by atoms with Crippen LogP contribution in [-0.4, -0.2) is 48.8 Å². The van der Waals surface area contributed by atoms with Gasteiger partial charge in [0.15, 0.2) is 0 Å². The summed E-state index contributed by atoms with van der Waals surface area (Å²) in [5.74, 6) is 0.387. The number of ether oxygens (including phenoxy) is 2. The van der Waals surface area contributed by atoms with Crippen LogP contribution in [-0.2, 0) is 20.7 Å². The third-order valence-electron chi connectivity index (χ3n) is 6.10. The van der Waals surface area contributed by atoms with Crippen molar-refractivity contribution in [3.63, 3.8) is 0 Å². The van der Waals surface area contributed by atoms with Crippen molar-refractivity contribution in [1.29, 1.82) is 0 Å². The van der Waals surface area contributed by atoms with Crippen molar-refractivity contribution in [2.75, 3.05) is 26.3 Å². The van der Waals surface area contributed by atoms with Crippen molar-refractivity contribution in [2.24, 2.45) is 5.92 Å². The van der Waals surface area contributed by atoms with Gasteiger partial charge in [0.1, 0.15) is 11.4 Å². The van der Waals surface area contributed by atoms with E-state index in [-0.39, 0.29) is 29.9 Å². The zero-order valence-electron chi connectivity index (χ0n) is 15.3. The van der Waals surface area contributed by atoms with Crippen LogP contribution < -0.4 is 0 Å². The molecule has 1 aromatic carbocycles. The Morgan fingerprint density at radius 2 is 2.00 bits per heavy atom. The number of carbonyl (C=O) groups excluding carboxylic acids is 1. The molecule has 1 spiro atoms. The lowest BCUT2D eigenvalue weighted by molar-refractivity contribution is -0.202. The predicted octanol–water partition coefficient (Wildman–Crippen LogP) is 3.34. The number of amides is 1. The van der Waals surface area contributed by atoms with Crippen molar-refractivity contribution < 1.29 is 18.7 Å². The van der Waals surface area contributed by atoms with Crippen molar-refractivity contribution in [1.82, 2.24) is 4.90 Å². The number of nitrogens with zero attached hydrogens (tertiary/aromatic N) is 1. The molecule has 142 valence electrons. The molecular formula is C21H28FNO3. The van der Waals surface area contributed by atoms with E-state index in [0.29, 0.717) is 25.3 Å². The Balaban J connectivity index is 1.25. The predicted molar refractivity (Wildman–Crippen MR) is 96.3 cm³/mol. The molecule has 3 aliphatic rings. The molecule has 1 saturated carbocycles. The smallest absolute Gasteiger partial charge is 0.227 e. The molecule has 3 fully saturated rings. The number of likely N-dealkylation sites (tertiary alicyclic amines) is 1. The van der Waals surface area contributed by atoms with Crippen molar-refractivity contribution in [2.45, 2.75) is 56.7 Å². The monoisotopic (exact) mass is 361 g/mol. The number of halogens is 1. The summed E-state index contributed by atoms with van der Waals surface area (Å²) >= 11 is 0. The summed E-state index contributed by atoms with van der Waals surface area (Å²) < 4.78 is 25.9. The summed E-state index contributed by atoms with van der Waals surface area (Å²) in [5, 5.41) is 0. The number of benzene rings is 1. The molecule has 1 aromatic rings. The molecule has 1 amide bonds. The van der Waals surface area contributed by atoms with Gasteiger partial charge in [0.2, 0.25) is 5.91 Å². The van der Waals surface area contributed by atoms with Gasteiger partial charge in [-0.15, -0.1) is 0 Å². The van der Waals surface area contributed by atoms with Gasteiger partial charge in [-0.05, 0) is 36.8 Å². The van der Waals surface area contributed by atoms with Crippen LogP contribution in [0.2, 0.25) is 0 Å². The fraction of sp³-hybridized carbons (Fsp3) is 0.667. The normalized spacial score (nSPS) is 25.4. The molecule has 2 aliphatic heterocycles. The standard InChI is InChI=1S/C21H28FNO3/c22-19-8-4-3-7-17(19)11-20(24)23-14-21(15-23)12-18(9-10-26-21)25-13-16-5-1-2-6-16/h3-4,7-8,16,18H,1-2,5-6,9-15H2. The lowest BCUT2D eigenvalue weighted by Gasteiger charge is -2.53. The topological polar surface area (TPSA) is 38.8 Å². The number of rotatable bonds is 5. The minimum atomic E-state index is -0.314. The third kappa shape index (κ3) is 3.94. The van der Waals surface area contributed by atoms with E-state index in [9.17, 15) is 9.18 Å². The van der Waals surface area contributed by atoms with Gasteiger partial charge in [0.25, 0.3) is 0 Å². The quantitative estimate of drug-likeness (QED) is 0.807. The zero-order valence-corrected chi connectivity index (χ0v) is 15.3. The Morgan fingerprint density at radius 3 is 2.77 bits per heavy atom. The molecule has 4 nitrogen and oxygen atoms in total. The fourth-order valence-corrected chi connectivity index (χ4v) is 4.54. The van der Waals surface area contributed by atoms with E-state index in [4.69, 9.17) is 9.47 Å². The highest BCUT2D eigenvalue weighted by atomic mass is 19.1. The Bertz CT molecular complexity index is 638. The number of hydrogen-bond acceptors (Lipinski definition) is 3. The summed E-state index contributed by atoms with van der Waals surface area (Å²) in [5.41, 5.74) is 0.213. The molecule has 5 heteroatoms. The number of carbonyl (C=O) groups is 1. The van der Waals surface area contributed by atoms with Gasteiger partial charge in [-0.2, -0.15) is 0 Å². The molecule has 0 aromatic heterocycles. The van der Waals surface area contributed by atoms with E-state index >= 15 is 0 Å². The molecule has 2 saturated heterocycles. The van der Waals surface area contributed by atoms with Crippen LogP contribution in [0, 0.1) is 11.7 Å². The Kier molecular flexibility index (Phi) is 5.28. The van der Waals surface area contributed by atoms with Gasteiger partial charge in [-0.25, -0.2) is 4.39 Å². The van der Waals surface area contributed by atoms with Crippen LogP contribution in [0.5, 0.6) is 0 Å². The zero-order chi connectivity index (χ0) is 18.0. The summed E-state index contributed by atoms with van der Waals surface area (Å²) in [6, 6.07) is 6.48. The van der Waals surface area contributed by atoms with Crippen molar-refractivity contribution in [3.05, 3.63) is 35.6 Å². The second-order valence-electron chi connectivity index (χ2n) is 8.15. The maximum Gasteiger partial charge on any atom is 0.227 e. The summed E-state index contributed by atoms with van der Waals surface area (Å²) in [6.45, 7) is 2.77. The summed E-state index contributed by atoms with van der Waals surface area (Å²) in [4.78, 5) is 14.2. The highest BCUT2D eigenvalue weighted by molar-refractivity contribution is 5.80. The molecule has 1 unspecified atom stereocenters. The molecule has 1 aliphatic carbocycles. The van der Waals surface area contributed by atoms with E-state index < -0.39 is 0 Å². The number of hydrogen-bond donors (Lipinski definition) is 0. The van der Waals surface area contributed by atoms with Crippen molar-refractivity contribution >= 4 is 5.91 Å². The molecule has 0 bridgehead atoms. The Hall–Kier alpha value is -1.46. The average Bonchev–Trinajstić information content (AvgIpc) is 3.13. The minimum Gasteiger partial charge on any atom is -0.378 e. The maximum absolute atomic E-state index is 13.7. The van der Waals surface area contributed by atoms with E-state index in [0.717, 1.165) is 25.4 Å². The van der Waals surface area contributed by atoms with Crippen LogP contribution in [0.1, 0.15) is 44.1 Å². The molecule has 1 atom stereocenters. The first-order chi connectivity index (χ1) is 12.6. The van der Waals surface area contributed by atoms with Crippen LogP contribution in [0.15, 0.2) is 24.3 Å². The molecular weight excluding hydrogens is 333 g/mol. The molecule has 4 rings (SSSR count). The van der Waals surface area contributed by atoms with Gasteiger partial charge in [0.05, 0.1) is 25.6 Å². The van der Waals surface area contributed by atoms with Gasteiger partial charge in [-0.3, -0.25) is 4.79 Å². The summed E-state index contributed by atoms with van der Waals surface area (Å²) in [7, 11) is 0. The second-order valence-corrected chi connectivity index (χ2v) is 8.15. The van der Waals surface area contributed by atoms with Gasteiger partial charge in [-0.1, -0.05) is 31.0 Å². The van der Waals surface area contributed by atoms with E-state index in [1.807, 2.05) is 0 Å². The fourth-order valence-electron chi connectivity index (χ4n) is 4.54. The minimum absolute atomic E-state index is 0.0293. The maximum atomic E-state index is 13.7. The van der Waals surface area contributed by atoms with Gasteiger partial charge >= 0.3 is 0 Å². The first kappa shape index (κ1) is 17.9. The first-order valence-corrected chi connectivity index (χ1v) is 9.90. The van der Waals surface area contributed by atoms with Crippen LogP contribution in [0.3, 0.4) is 0 Å². The van der Waals surface area contributed by atoms with Gasteiger partial charge in [0, 0.05) is 19.6 Å². The van der Waals surface area contributed by atoms with Crippen molar-refractivity contribution in [3.8, 4) is 0 Å². The lowest BCUT2D eigenvalue weighted by atomic mass is 9.84. The Morgan fingerprint density at radius 1 is 1.23 bits per heavy atom. The van der Waals surface area contributed by atoms with Gasteiger partial charge < -0.3 is 14.4 Å². The van der Waals surface area contributed by atoms with E-state index in [1.54, 1.807) is 23.1 Å². The second kappa shape index (κ2) is 7.65. The molecule has 0 radical (unpaired) electrons. The largest absolute Gasteiger partial charge is 0.378 e. The molecule has 2 heterocycles. The highest BCUT2D eigenvalue weighted by Gasteiger charge is 2.49. The highest BCUT2D eigenvalue weighted by Crippen LogP contribution is 2.36. The Labute approximate surface area is 154 Å². The lowest BCUT2D eigenvalue weighted by Crippen LogP contribution is -2.67. The van der Waals surface area contributed by atoms with Crippen LogP contribution >= 0.6 is 0 Å². The van der Waals surface area contributed by atoms with E-state index in [2.05, 4.69) is 0 Å². The SMILES string of the molecule is O=C(Cc1ccccc1F)N1CC2(CC(OCC3CCCC3)CCO2)C1. The van der Waals surface area contributed by atoms with Crippen LogP contribution in [0.4, 0.5) is 4.39 Å². The first-order valence-electron chi connectivity index (χ1n) is 9.90. The van der Waals surface area contributed by atoms with Crippen LogP contribution in [0.25, 0.3) is 0 Å². The van der Waals surface area contributed by atoms with E-state index in [1.165, 1.54) is 31.7 Å². The molecule has 26 heavy (non-hydrogen) atoms. The average molecular weight is 361 g/mol.